The molecule has 0 spiro atoms. The Hall–Kier alpha value is -2.27. The molecule has 0 fully saturated rings. The van der Waals surface area contributed by atoms with Crippen molar-refractivity contribution in [1.29, 1.82) is 0 Å². The molecule has 14 heavy (non-hydrogen) atoms. The van der Waals surface area contributed by atoms with Gasteiger partial charge in [-0.1, -0.05) is 5.11 Å². The average Bonchev–Trinajstić information content (AvgIpc) is 2.85. The molecular formula is C7H5N5O2. The molecule has 2 rings (SSSR count). The van der Waals surface area contributed by atoms with Crippen LogP contribution in [0.1, 0.15) is 5.89 Å². The van der Waals surface area contributed by atoms with Gasteiger partial charge in [0.15, 0.2) is 5.76 Å². The van der Waals surface area contributed by atoms with Crippen molar-refractivity contribution in [3.8, 4) is 11.7 Å². The zero-order chi connectivity index (χ0) is 9.80. The lowest BCUT2D eigenvalue weighted by Crippen LogP contribution is -1.77. The molecule has 2 aromatic rings. The van der Waals surface area contributed by atoms with Gasteiger partial charge in [-0.15, -0.1) is 10.2 Å². The molecule has 2 heterocycles. The SMILES string of the molecule is [N-]=[N+]=NCc1nnc(-c2ccco2)o1. The fraction of sp³-hybridized carbons (Fsp3) is 0.143. The molecule has 70 valence electrons. The second kappa shape index (κ2) is 3.63. The molecule has 0 radical (unpaired) electrons. The first-order valence-electron chi connectivity index (χ1n) is 3.77. The van der Waals surface area contributed by atoms with E-state index in [1.54, 1.807) is 12.1 Å². The summed E-state index contributed by atoms with van der Waals surface area (Å²) in [5, 5.41) is 10.7. The molecule has 0 N–H and O–H groups in total. The van der Waals surface area contributed by atoms with Crippen molar-refractivity contribution in [2.24, 2.45) is 5.11 Å². The molecule has 0 atom stereocenters. The van der Waals surface area contributed by atoms with Crippen LogP contribution in [-0.4, -0.2) is 10.2 Å². The first kappa shape index (κ1) is 8.33. The summed E-state index contributed by atoms with van der Waals surface area (Å²) in [5.41, 5.74) is 8.07. The summed E-state index contributed by atoms with van der Waals surface area (Å²) < 4.78 is 10.2. The van der Waals surface area contributed by atoms with Crippen molar-refractivity contribution < 1.29 is 8.83 Å². The Kier molecular flexibility index (Phi) is 2.16. The first-order valence-corrected chi connectivity index (χ1v) is 3.77. The normalized spacial score (nSPS) is 9.71. The summed E-state index contributed by atoms with van der Waals surface area (Å²) >= 11 is 0. The van der Waals surface area contributed by atoms with Crippen LogP contribution in [0.4, 0.5) is 0 Å². The molecule has 0 saturated heterocycles. The second-order valence-corrected chi connectivity index (χ2v) is 2.37. The lowest BCUT2D eigenvalue weighted by Gasteiger charge is -1.84. The number of azide groups is 1. The summed E-state index contributed by atoms with van der Waals surface area (Å²) in [4.78, 5) is 2.58. The van der Waals surface area contributed by atoms with Crippen molar-refractivity contribution in [3.05, 3.63) is 34.7 Å². The fourth-order valence-electron chi connectivity index (χ4n) is 0.909. The van der Waals surface area contributed by atoms with Crippen LogP contribution < -0.4 is 0 Å². The monoisotopic (exact) mass is 191 g/mol. The predicted molar refractivity (Wildman–Crippen MR) is 44.9 cm³/mol. The van der Waals surface area contributed by atoms with Crippen molar-refractivity contribution in [2.45, 2.75) is 6.54 Å². The molecule has 0 bridgehead atoms. The minimum atomic E-state index is 0.0458. The van der Waals surface area contributed by atoms with E-state index in [9.17, 15) is 0 Å². The summed E-state index contributed by atoms with van der Waals surface area (Å²) in [6.45, 7) is 0.0458. The van der Waals surface area contributed by atoms with Crippen LogP contribution in [0.3, 0.4) is 0 Å². The smallest absolute Gasteiger partial charge is 0.283 e. The van der Waals surface area contributed by atoms with Gasteiger partial charge in [-0.25, -0.2) is 0 Å². The molecular weight excluding hydrogens is 186 g/mol. The maximum atomic E-state index is 8.07. The lowest BCUT2D eigenvalue weighted by molar-refractivity contribution is 0.481. The number of hydrogen-bond donors (Lipinski definition) is 0. The summed E-state index contributed by atoms with van der Waals surface area (Å²) in [7, 11) is 0. The second-order valence-electron chi connectivity index (χ2n) is 2.37. The molecule has 0 aliphatic rings. The van der Waals surface area contributed by atoms with Crippen LogP contribution in [0.2, 0.25) is 0 Å². The van der Waals surface area contributed by atoms with Gasteiger partial charge in [0.25, 0.3) is 5.89 Å². The average molecular weight is 191 g/mol. The van der Waals surface area contributed by atoms with E-state index < -0.39 is 0 Å². The molecule has 0 aliphatic carbocycles. The van der Waals surface area contributed by atoms with E-state index in [-0.39, 0.29) is 18.3 Å². The highest BCUT2D eigenvalue weighted by Gasteiger charge is 2.09. The van der Waals surface area contributed by atoms with Crippen molar-refractivity contribution in [1.82, 2.24) is 10.2 Å². The van der Waals surface area contributed by atoms with Gasteiger partial charge >= 0.3 is 0 Å². The zero-order valence-corrected chi connectivity index (χ0v) is 6.99. The lowest BCUT2D eigenvalue weighted by atomic mass is 10.5. The summed E-state index contributed by atoms with van der Waals surface area (Å²) in [5.74, 6) is 1.03. The zero-order valence-electron chi connectivity index (χ0n) is 6.99. The van der Waals surface area contributed by atoms with Crippen LogP contribution in [0.25, 0.3) is 22.1 Å². The largest absolute Gasteiger partial charge is 0.459 e. The number of aromatic nitrogens is 2. The number of nitrogens with zero attached hydrogens (tertiary/aromatic N) is 5. The summed E-state index contributed by atoms with van der Waals surface area (Å²) in [6, 6.07) is 3.41. The van der Waals surface area contributed by atoms with E-state index in [0.717, 1.165) is 0 Å². The Morgan fingerprint density at radius 1 is 1.50 bits per heavy atom. The third kappa shape index (κ3) is 1.57. The molecule has 0 aliphatic heterocycles. The Labute approximate surface area is 78.0 Å². The third-order valence-electron chi connectivity index (χ3n) is 1.47. The highest BCUT2D eigenvalue weighted by molar-refractivity contribution is 5.42. The van der Waals surface area contributed by atoms with Crippen molar-refractivity contribution >= 4 is 0 Å². The van der Waals surface area contributed by atoms with E-state index in [1.165, 1.54) is 6.26 Å². The molecule has 7 nitrogen and oxygen atoms in total. The Morgan fingerprint density at radius 2 is 2.43 bits per heavy atom. The Morgan fingerprint density at radius 3 is 3.14 bits per heavy atom. The maximum Gasteiger partial charge on any atom is 0.283 e. The van der Waals surface area contributed by atoms with Gasteiger partial charge in [0, 0.05) is 4.91 Å². The van der Waals surface area contributed by atoms with Crippen molar-refractivity contribution in [2.75, 3.05) is 0 Å². The topological polar surface area (TPSA) is 101 Å². The van der Waals surface area contributed by atoms with E-state index >= 15 is 0 Å². The van der Waals surface area contributed by atoms with Crippen LogP contribution in [0, 0.1) is 0 Å². The predicted octanol–water partition coefficient (Wildman–Crippen LogP) is 2.14. The molecule has 7 heteroatoms. The van der Waals surface area contributed by atoms with Gasteiger partial charge in [-0.2, -0.15) is 0 Å². The molecule has 0 saturated carbocycles. The van der Waals surface area contributed by atoms with Crippen molar-refractivity contribution in [3.63, 3.8) is 0 Å². The van der Waals surface area contributed by atoms with Gasteiger partial charge in [0.2, 0.25) is 5.89 Å². The van der Waals surface area contributed by atoms with E-state index in [2.05, 4.69) is 20.2 Å². The Balaban J connectivity index is 2.22. The fourth-order valence-corrected chi connectivity index (χ4v) is 0.909. The molecule has 0 amide bonds. The number of rotatable bonds is 3. The third-order valence-corrected chi connectivity index (χ3v) is 1.47. The van der Waals surface area contributed by atoms with Gasteiger partial charge in [-0.05, 0) is 17.7 Å². The van der Waals surface area contributed by atoms with E-state index in [0.29, 0.717) is 5.76 Å². The maximum absolute atomic E-state index is 8.07. The van der Waals surface area contributed by atoms with Gasteiger partial charge in [0.05, 0.1) is 6.26 Å². The highest BCUT2D eigenvalue weighted by atomic mass is 16.4. The van der Waals surface area contributed by atoms with Crippen LogP contribution in [-0.2, 0) is 6.54 Å². The van der Waals surface area contributed by atoms with Crippen LogP contribution in [0.5, 0.6) is 0 Å². The standard InChI is InChI=1S/C7H5N5O2/c8-12-9-4-6-10-11-7(14-6)5-2-1-3-13-5/h1-3H,4H2. The quantitative estimate of drug-likeness (QED) is 0.421. The van der Waals surface area contributed by atoms with Crippen LogP contribution >= 0.6 is 0 Å². The van der Waals surface area contributed by atoms with E-state index in [1.807, 2.05) is 0 Å². The van der Waals surface area contributed by atoms with E-state index in [4.69, 9.17) is 14.4 Å². The first-order chi connectivity index (χ1) is 6.90. The minimum Gasteiger partial charge on any atom is -0.459 e. The number of hydrogen-bond acceptors (Lipinski definition) is 5. The minimum absolute atomic E-state index is 0.0458. The molecule has 0 unspecified atom stereocenters. The Bertz CT molecular complexity index is 454. The van der Waals surface area contributed by atoms with Crippen LogP contribution in [0.15, 0.2) is 32.3 Å². The molecule has 0 aromatic carbocycles. The van der Waals surface area contributed by atoms with Gasteiger partial charge in [0.1, 0.15) is 6.54 Å². The highest BCUT2D eigenvalue weighted by Crippen LogP contribution is 2.17. The summed E-state index contributed by atoms with van der Waals surface area (Å²) in [6.07, 6.45) is 1.51. The molecule has 2 aromatic heterocycles. The van der Waals surface area contributed by atoms with Gasteiger partial charge < -0.3 is 8.83 Å². The van der Waals surface area contributed by atoms with Gasteiger partial charge in [-0.3, -0.25) is 0 Å². The number of furan rings is 1.